The van der Waals surface area contributed by atoms with Crippen LogP contribution < -0.4 is 0 Å². The number of nitro benzene ring substituents is 1. The molecule has 1 aromatic heterocycles. The van der Waals surface area contributed by atoms with E-state index in [-0.39, 0.29) is 5.69 Å². The minimum atomic E-state index is -0.723. The molecule has 0 fully saturated rings. The lowest BCUT2D eigenvalue weighted by atomic mass is 10.1. The van der Waals surface area contributed by atoms with Crippen molar-refractivity contribution >= 4 is 17.4 Å². The summed E-state index contributed by atoms with van der Waals surface area (Å²) in [6, 6.07) is 8.34. The lowest BCUT2D eigenvalue weighted by Crippen LogP contribution is -1.96. The average molecular weight is 276 g/mol. The predicted molar refractivity (Wildman–Crippen MR) is 72.1 cm³/mol. The molecule has 0 amide bonds. The molecular weight excluding hydrogens is 264 g/mol. The zero-order valence-electron chi connectivity index (χ0n) is 10.2. The number of benzene rings is 1. The van der Waals surface area contributed by atoms with Crippen molar-refractivity contribution in [1.82, 2.24) is 4.98 Å². The topological polar surface area (TPSA) is 76.3 Å². The normalized spacial score (nSPS) is 12.1. The van der Waals surface area contributed by atoms with Crippen molar-refractivity contribution in [3.05, 3.63) is 58.4 Å². The van der Waals surface area contributed by atoms with Gasteiger partial charge in [-0.05, 0) is 30.7 Å². The Morgan fingerprint density at radius 1 is 1.32 bits per heavy atom. The van der Waals surface area contributed by atoms with Gasteiger partial charge in [0, 0.05) is 23.4 Å². The molecule has 1 atom stereocenters. The summed E-state index contributed by atoms with van der Waals surface area (Å²) >= 11 is 1.30. The Labute approximate surface area is 114 Å². The quantitative estimate of drug-likeness (QED) is 0.685. The van der Waals surface area contributed by atoms with Gasteiger partial charge in [-0.1, -0.05) is 17.8 Å². The van der Waals surface area contributed by atoms with Crippen LogP contribution in [0.2, 0.25) is 0 Å². The molecule has 0 aliphatic heterocycles. The van der Waals surface area contributed by atoms with Crippen LogP contribution in [0.15, 0.2) is 52.5 Å². The third kappa shape index (κ3) is 3.30. The Morgan fingerprint density at radius 3 is 2.58 bits per heavy atom. The van der Waals surface area contributed by atoms with E-state index in [2.05, 4.69) is 4.98 Å². The molecule has 6 heteroatoms. The molecule has 0 aliphatic rings. The molecule has 2 rings (SSSR count). The van der Waals surface area contributed by atoms with Crippen LogP contribution in [0.3, 0.4) is 0 Å². The van der Waals surface area contributed by atoms with Gasteiger partial charge >= 0.3 is 0 Å². The summed E-state index contributed by atoms with van der Waals surface area (Å²) < 4.78 is 0. The molecule has 0 bridgehead atoms. The SMILES string of the molecule is C[C@H](O)c1ccc(Sc2ccncc2)c([N+](=O)[O-])c1. The highest BCUT2D eigenvalue weighted by Gasteiger charge is 2.17. The Hall–Kier alpha value is -1.92. The molecule has 0 aliphatic carbocycles. The van der Waals surface area contributed by atoms with Crippen molar-refractivity contribution in [2.45, 2.75) is 22.8 Å². The number of aliphatic hydroxyl groups excluding tert-OH is 1. The number of hydrogen-bond donors (Lipinski definition) is 1. The van der Waals surface area contributed by atoms with Crippen LogP contribution in [0.4, 0.5) is 5.69 Å². The van der Waals surface area contributed by atoms with Gasteiger partial charge in [0.25, 0.3) is 5.69 Å². The van der Waals surface area contributed by atoms with Crippen molar-refractivity contribution in [3.63, 3.8) is 0 Å². The fourth-order valence-electron chi connectivity index (χ4n) is 1.56. The van der Waals surface area contributed by atoms with Gasteiger partial charge in [-0.3, -0.25) is 15.1 Å². The first-order chi connectivity index (χ1) is 9.08. The number of nitro groups is 1. The highest BCUT2D eigenvalue weighted by Crippen LogP contribution is 2.35. The van der Waals surface area contributed by atoms with Gasteiger partial charge in [0.05, 0.1) is 15.9 Å². The maximum Gasteiger partial charge on any atom is 0.283 e. The van der Waals surface area contributed by atoms with E-state index in [0.717, 1.165) is 4.90 Å². The highest BCUT2D eigenvalue weighted by molar-refractivity contribution is 7.99. The molecule has 0 saturated heterocycles. The van der Waals surface area contributed by atoms with Gasteiger partial charge < -0.3 is 5.11 Å². The van der Waals surface area contributed by atoms with Gasteiger partial charge in [0.2, 0.25) is 0 Å². The molecule has 1 heterocycles. The van der Waals surface area contributed by atoms with E-state index in [1.54, 1.807) is 43.6 Å². The summed E-state index contributed by atoms with van der Waals surface area (Å²) in [7, 11) is 0. The van der Waals surface area contributed by atoms with Crippen molar-refractivity contribution in [3.8, 4) is 0 Å². The standard InChI is InChI=1S/C13H12N2O3S/c1-9(16)10-2-3-13(12(8-10)15(17)18)19-11-4-6-14-7-5-11/h2-9,16H,1H3/t9-/m0/s1. The predicted octanol–water partition coefficient (Wildman–Crippen LogP) is 3.19. The van der Waals surface area contributed by atoms with E-state index in [1.807, 2.05) is 0 Å². The Kier molecular flexibility index (Phi) is 4.13. The molecule has 0 unspecified atom stereocenters. The average Bonchev–Trinajstić information content (AvgIpc) is 2.39. The number of nitrogens with zero attached hydrogens (tertiary/aromatic N) is 2. The van der Waals surface area contributed by atoms with Crippen LogP contribution in [0, 0.1) is 10.1 Å². The maximum atomic E-state index is 11.1. The third-order valence-electron chi connectivity index (χ3n) is 2.54. The summed E-state index contributed by atoms with van der Waals surface area (Å²) in [5.74, 6) is 0. The monoisotopic (exact) mass is 276 g/mol. The van der Waals surface area contributed by atoms with Crippen LogP contribution in [0.5, 0.6) is 0 Å². The Bertz CT molecular complexity index is 588. The summed E-state index contributed by atoms with van der Waals surface area (Å²) in [6.07, 6.45) is 2.55. The highest BCUT2D eigenvalue weighted by atomic mass is 32.2. The molecule has 5 nitrogen and oxygen atoms in total. The van der Waals surface area contributed by atoms with Crippen molar-refractivity contribution in [1.29, 1.82) is 0 Å². The van der Waals surface area contributed by atoms with E-state index in [4.69, 9.17) is 0 Å². The van der Waals surface area contributed by atoms with Crippen LogP contribution in [0.1, 0.15) is 18.6 Å². The smallest absolute Gasteiger partial charge is 0.283 e. The van der Waals surface area contributed by atoms with Crippen LogP contribution in [-0.2, 0) is 0 Å². The minimum Gasteiger partial charge on any atom is -0.389 e. The van der Waals surface area contributed by atoms with Crippen molar-refractivity contribution in [2.24, 2.45) is 0 Å². The summed E-state index contributed by atoms with van der Waals surface area (Å²) in [6.45, 7) is 1.58. The first-order valence-corrected chi connectivity index (χ1v) is 6.44. The number of pyridine rings is 1. The first kappa shape index (κ1) is 13.5. The number of hydrogen-bond acceptors (Lipinski definition) is 5. The van der Waals surface area contributed by atoms with E-state index >= 15 is 0 Å². The summed E-state index contributed by atoms with van der Waals surface area (Å²) in [5.41, 5.74) is 0.533. The lowest BCUT2D eigenvalue weighted by molar-refractivity contribution is -0.387. The van der Waals surface area contributed by atoms with Crippen molar-refractivity contribution in [2.75, 3.05) is 0 Å². The number of aliphatic hydroxyl groups is 1. The van der Waals surface area contributed by atoms with E-state index < -0.39 is 11.0 Å². The van der Waals surface area contributed by atoms with Crippen LogP contribution in [0.25, 0.3) is 0 Å². The second-order valence-electron chi connectivity index (χ2n) is 3.95. The fourth-order valence-corrected chi connectivity index (χ4v) is 2.44. The molecule has 98 valence electrons. The second kappa shape index (κ2) is 5.81. The molecule has 1 N–H and O–H groups in total. The van der Waals surface area contributed by atoms with Crippen LogP contribution >= 0.6 is 11.8 Å². The van der Waals surface area contributed by atoms with Gasteiger partial charge in [-0.25, -0.2) is 0 Å². The third-order valence-corrected chi connectivity index (χ3v) is 3.61. The van der Waals surface area contributed by atoms with Crippen LogP contribution in [-0.4, -0.2) is 15.0 Å². The lowest BCUT2D eigenvalue weighted by Gasteiger charge is -2.07. The number of rotatable bonds is 4. The molecular formula is C13H12N2O3S. The molecule has 19 heavy (non-hydrogen) atoms. The minimum absolute atomic E-state index is 0.000197. The zero-order chi connectivity index (χ0) is 13.8. The molecule has 2 aromatic rings. The Balaban J connectivity index is 2.37. The van der Waals surface area contributed by atoms with Crippen molar-refractivity contribution < 1.29 is 10.0 Å². The summed E-state index contributed by atoms with van der Waals surface area (Å²) in [4.78, 5) is 16.0. The van der Waals surface area contributed by atoms with Gasteiger partial charge in [0.1, 0.15) is 0 Å². The molecule has 0 saturated carbocycles. The molecule has 1 aromatic carbocycles. The molecule has 0 radical (unpaired) electrons. The summed E-state index contributed by atoms with van der Waals surface area (Å²) in [5, 5.41) is 20.6. The van der Waals surface area contributed by atoms with Gasteiger partial charge in [-0.2, -0.15) is 0 Å². The molecule has 0 spiro atoms. The van der Waals surface area contributed by atoms with Gasteiger partial charge in [0.15, 0.2) is 0 Å². The Morgan fingerprint density at radius 2 is 2.00 bits per heavy atom. The largest absolute Gasteiger partial charge is 0.389 e. The fraction of sp³-hybridized carbons (Fsp3) is 0.154. The zero-order valence-corrected chi connectivity index (χ0v) is 11.0. The van der Waals surface area contributed by atoms with E-state index in [0.29, 0.717) is 10.5 Å². The first-order valence-electron chi connectivity index (χ1n) is 5.62. The van der Waals surface area contributed by atoms with E-state index in [9.17, 15) is 15.2 Å². The van der Waals surface area contributed by atoms with E-state index in [1.165, 1.54) is 17.8 Å². The maximum absolute atomic E-state index is 11.1. The second-order valence-corrected chi connectivity index (χ2v) is 5.06. The number of aromatic nitrogens is 1. The van der Waals surface area contributed by atoms with Gasteiger partial charge in [-0.15, -0.1) is 0 Å².